The lowest BCUT2D eigenvalue weighted by molar-refractivity contribution is 0.589. The molecule has 0 spiro atoms. The lowest BCUT2D eigenvalue weighted by Gasteiger charge is -2.30. The summed E-state index contributed by atoms with van der Waals surface area (Å²) in [4.78, 5) is 0. The third-order valence-corrected chi connectivity index (χ3v) is 20.8. The van der Waals surface area contributed by atoms with Gasteiger partial charge in [-0.3, -0.25) is 0 Å². The fraction of sp³-hybridized carbons (Fsp3) is 0.325. The zero-order valence-corrected chi connectivity index (χ0v) is 54.1. The number of fused-ring (bicyclic) bond motifs is 6. The van der Waals surface area contributed by atoms with Crippen LogP contribution in [0.15, 0.2) is 194 Å². The lowest BCUT2D eigenvalue weighted by Crippen LogP contribution is -2.22. The normalized spacial score (nSPS) is 14.3. The molecule has 0 amide bonds. The van der Waals surface area contributed by atoms with E-state index in [0.29, 0.717) is 0 Å². The van der Waals surface area contributed by atoms with Crippen LogP contribution >= 0.6 is 31.9 Å². The van der Waals surface area contributed by atoms with Gasteiger partial charge in [0.2, 0.25) is 0 Å². The molecule has 0 atom stereocenters. The Morgan fingerprint density at radius 2 is 0.402 bits per heavy atom. The van der Waals surface area contributed by atoms with Gasteiger partial charge in [0.05, 0.1) is 0 Å². The number of rotatable bonds is 14. The second kappa shape index (κ2) is 22.2. The highest BCUT2D eigenvalue weighted by Gasteiger charge is 2.46. The van der Waals surface area contributed by atoms with Crippen molar-refractivity contribution in [2.75, 3.05) is 0 Å². The molecule has 418 valence electrons. The standard InChI is InChI=1S/C80H84Br2/c1-75(2,3)61-33-21-53(22-34-61)13-17-57-29-45-67-68-46-30-58(18-14-54-23-35-62(36-24-54)76(4,5)6)50-72(68)79(81,71(67)49-57)65-41-43-66(44-42-65)80(82)73-51-59(19-15-55-25-37-63(38-26-55)77(7,8)9)31-47-69(73)70-48-32-60(52-74(70)80)20-16-56-27-39-64(40-28-56)78(10,11)12/h21-52H,13-20H2,1-12H3. The molecule has 11 rings (SSSR count). The molecule has 0 bridgehead atoms. The van der Waals surface area contributed by atoms with Gasteiger partial charge >= 0.3 is 0 Å². The number of benzene rings is 9. The van der Waals surface area contributed by atoms with Crippen LogP contribution in [0.3, 0.4) is 0 Å². The van der Waals surface area contributed by atoms with Gasteiger partial charge in [0.15, 0.2) is 0 Å². The Bertz CT molecular complexity index is 3280. The van der Waals surface area contributed by atoms with Crippen molar-refractivity contribution >= 4 is 31.9 Å². The number of alkyl halides is 2. The molecule has 0 N–H and O–H groups in total. The van der Waals surface area contributed by atoms with Gasteiger partial charge in [-0.15, -0.1) is 0 Å². The third-order valence-electron chi connectivity index (χ3n) is 18.2. The van der Waals surface area contributed by atoms with E-state index >= 15 is 0 Å². The second-order valence-electron chi connectivity index (χ2n) is 28.2. The molecule has 9 aromatic rings. The zero-order chi connectivity index (χ0) is 58.0. The molecule has 0 aliphatic heterocycles. The maximum absolute atomic E-state index is 4.65. The Morgan fingerprint density at radius 3 is 0.585 bits per heavy atom. The van der Waals surface area contributed by atoms with E-state index in [0.717, 1.165) is 51.4 Å². The summed E-state index contributed by atoms with van der Waals surface area (Å²) in [6.45, 7) is 27.5. The largest absolute Gasteiger partial charge is 0.102 e. The second-order valence-corrected chi connectivity index (χ2v) is 30.6. The van der Waals surface area contributed by atoms with Gasteiger partial charge in [0.1, 0.15) is 8.65 Å². The van der Waals surface area contributed by atoms with Gasteiger partial charge in [-0.05, 0) is 195 Å². The highest BCUT2D eigenvalue weighted by Crippen LogP contribution is 2.59. The van der Waals surface area contributed by atoms with Crippen LogP contribution in [-0.2, 0) is 81.7 Å². The summed E-state index contributed by atoms with van der Waals surface area (Å²) < 4.78 is -1.10. The summed E-state index contributed by atoms with van der Waals surface area (Å²) in [7, 11) is 0. The van der Waals surface area contributed by atoms with Crippen LogP contribution in [0, 0.1) is 0 Å². The van der Waals surface area contributed by atoms with E-state index in [1.807, 2.05) is 0 Å². The van der Waals surface area contributed by atoms with Gasteiger partial charge in [-0.25, -0.2) is 0 Å². The molecule has 2 aliphatic carbocycles. The number of halogens is 2. The van der Waals surface area contributed by atoms with E-state index < -0.39 is 8.65 Å². The quantitative estimate of drug-likeness (QED) is 0.0952. The lowest BCUT2D eigenvalue weighted by atomic mass is 9.83. The van der Waals surface area contributed by atoms with Crippen LogP contribution < -0.4 is 0 Å². The molecule has 0 saturated heterocycles. The van der Waals surface area contributed by atoms with E-state index in [2.05, 4.69) is 309 Å². The first-order chi connectivity index (χ1) is 38.8. The number of aryl methyl sites for hydroxylation is 8. The third kappa shape index (κ3) is 11.6. The van der Waals surface area contributed by atoms with Gasteiger partial charge in [-0.2, -0.15) is 0 Å². The number of hydrogen-bond donors (Lipinski definition) is 0. The highest BCUT2D eigenvalue weighted by atomic mass is 79.9. The van der Waals surface area contributed by atoms with Crippen molar-refractivity contribution in [3.8, 4) is 22.3 Å². The molecule has 9 aromatic carbocycles. The highest BCUT2D eigenvalue weighted by molar-refractivity contribution is 9.10. The minimum atomic E-state index is -0.549. The average molecular weight is 1210 g/mol. The Balaban J connectivity index is 0.954. The molecule has 0 radical (unpaired) electrons. The van der Waals surface area contributed by atoms with Crippen molar-refractivity contribution in [3.63, 3.8) is 0 Å². The summed E-state index contributed by atoms with van der Waals surface area (Å²) in [5.74, 6) is 0. The molecule has 0 nitrogen and oxygen atoms in total. The topological polar surface area (TPSA) is 0 Å². The summed E-state index contributed by atoms with van der Waals surface area (Å²) in [6.07, 6.45) is 7.88. The van der Waals surface area contributed by atoms with Crippen LogP contribution in [0.2, 0.25) is 0 Å². The van der Waals surface area contributed by atoms with E-state index in [-0.39, 0.29) is 21.7 Å². The molecule has 0 saturated carbocycles. The Kier molecular flexibility index (Phi) is 15.6. The van der Waals surface area contributed by atoms with Crippen molar-refractivity contribution in [1.29, 1.82) is 0 Å². The van der Waals surface area contributed by atoms with E-state index in [1.165, 1.54) is 122 Å². The zero-order valence-electron chi connectivity index (χ0n) is 50.9. The Hall–Kier alpha value is -6.06. The molecule has 0 fully saturated rings. The molecular formula is C80H84Br2. The van der Waals surface area contributed by atoms with E-state index in [1.54, 1.807) is 0 Å². The first-order valence-electron chi connectivity index (χ1n) is 30.3. The van der Waals surface area contributed by atoms with Crippen LogP contribution in [0.1, 0.15) is 183 Å². The predicted molar refractivity (Wildman–Crippen MR) is 358 cm³/mol. The average Bonchev–Trinajstić information content (AvgIpc) is 3.02. The minimum absolute atomic E-state index is 0.136. The first-order valence-corrected chi connectivity index (χ1v) is 31.9. The summed E-state index contributed by atoms with van der Waals surface area (Å²) in [6, 6.07) is 76.0. The van der Waals surface area contributed by atoms with Crippen LogP contribution in [-0.4, -0.2) is 0 Å². The SMILES string of the molecule is CC(C)(C)c1ccc(CCc2ccc3c(c2)C(Br)(c2ccc(C4(Br)c5cc(CCc6ccc(C(C)(C)C)cc6)ccc5-c5ccc(CCc6ccc(C(C)(C)C)cc6)cc54)cc2)c2cc(CCc4ccc(C(C)(C)C)cc4)ccc2-3)cc1. The molecule has 2 aliphatic rings. The van der Waals surface area contributed by atoms with Gasteiger partial charge in [0.25, 0.3) is 0 Å². The maximum atomic E-state index is 4.65. The summed E-state index contributed by atoms with van der Waals surface area (Å²) in [5, 5.41) is 0. The Morgan fingerprint density at radius 1 is 0.232 bits per heavy atom. The smallest absolute Gasteiger partial charge is 0.0695 e. The first kappa shape index (κ1) is 57.7. The van der Waals surface area contributed by atoms with Crippen LogP contribution in [0.4, 0.5) is 0 Å². The predicted octanol–water partition coefficient (Wildman–Crippen LogP) is 21.4. The molecule has 82 heavy (non-hydrogen) atoms. The molecular weight excluding hydrogens is 1120 g/mol. The van der Waals surface area contributed by atoms with Crippen molar-refractivity contribution in [3.05, 3.63) is 294 Å². The van der Waals surface area contributed by atoms with Gasteiger partial charge in [-0.1, -0.05) is 309 Å². The Labute approximate surface area is 509 Å². The molecule has 0 unspecified atom stereocenters. The maximum Gasteiger partial charge on any atom is 0.102 e. The van der Waals surface area contributed by atoms with Crippen LogP contribution in [0.25, 0.3) is 22.3 Å². The molecule has 0 heterocycles. The van der Waals surface area contributed by atoms with Crippen LogP contribution in [0.5, 0.6) is 0 Å². The van der Waals surface area contributed by atoms with E-state index in [9.17, 15) is 0 Å². The van der Waals surface area contributed by atoms with Crippen molar-refractivity contribution < 1.29 is 0 Å². The van der Waals surface area contributed by atoms with Crippen molar-refractivity contribution in [2.45, 2.75) is 165 Å². The molecule has 2 heteroatoms. The minimum Gasteiger partial charge on any atom is -0.0695 e. The monoisotopic (exact) mass is 1200 g/mol. The molecule has 0 aromatic heterocycles. The van der Waals surface area contributed by atoms with Crippen molar-refractivity contribution in [2.24, 2.45) is 0 Å². The number of hydrogen-bond acceptors (Lipinski definition) is 0. The fourth-order valence-electron chi connectivity index (χ4n) is 12.7. The fourth-order valence-corrected chi connectivity index (χ4v) is 14.6. The van der Waals surface area contributed by atoms with E-state index in [4.69, 9.17) is 0 Å². The summed E-state index contributed by atoms with van der Waals surface area (Å²) >= 11 is 9.29. The summed E-state index contributed by atoms with van der Waals surface area (Å²) in [5.41, 5.74) is 30.0. The van der Waals surface area contributed by atoms with Gasteiger partial charge < -0.3 is 0 Å². The van der Waals surface area contributed by atoms with Crippen molar-refractivity contribution in [1.82, 2.24) is 0 Å². The van der Waals surface area contributed by atoms with Gasteiger partial charge in [0, 0.05) is 0 Å².